The quantitative estimate of drug-likeness (QED) is 0.370. The zero-order chi connectivity index (χ0) is 25.8. The van der Waals surface area contributed by atoms with Crippen LogP contribution in [0.15, 0.2) is 18.2 Å². The summed E-state index contributed by atoms with van der Waals surface area (Å²) in [5, 5.41) is 6.42. The Kier molecular flexibility index (Phi) is 8.13. The highest BCUT2D eigenvalue weighted by Gasteiger charge is 2.26. The lowest BCUT2D eigenvalue weighted by atomic mass is 10.0. The summed E-state index contributed by atoms with van der Waals surface area (Å²) in [6, 6.07) is 5.28. The average Bonchev–Trinajstić information content (AvgIpc) is 3.29. The first-order valence-corrected chi connectivity index (χ1v) is 12.5. The summed E-state index contributed by atoms with van der Waals surface area (Å²) in [6.45, 7) is 10.8. The monoisotopic (exact) mass is 513 g/mol. The largest absolute Gasteiger partial charge is 0.465 e. The van der Waals surface area contributed by atoms with E-state index in [-0.39, 0.29) is 17.8 Å². The fourth-order valence-electron chi connectivity index (χ4n) is 4.68. The summed E-state index contributed by atoms with van der Waals surface area (Å²) in [7, 11) is 0. The van der Waals surface area contributed by atoms with Crippen molar-refractivity contribution >= 4 is 46.7 Å². The topological polar surface area (TPSA) is 107 Å². The van der Waals surface area contributed by atoms with Gasteiger partial charge >= 0.3 is 5.97 Å². The summed E-state index contributed by atoms with van der Waals surface area (Å²) < 4.78 is 5.02. The SMILES string of the molecule is CCOC(=O)CN1CCN(CCNC(=O)c2c(C)[nH]c(C=C3C(=O)Nc4ccc(Cl)cc43)c2C)CC1. The predicted molar refractivity (Wildman–Crippen MR) is 140 cm³/mol. The summed E-state index contributed by atoms with van der Waals surface area (Å²) in [5.74, 6) is -0.537. The van der Waals surface area contributed by atoms with Gasteiger partial charge < -0.3 is 20.4 Å². The third kappa shape index (κ3) is 5.80. The molecule has 2 aliphatic heterocycles. The van der Waals surface area contributed by atoms with E-state index >= 15 is 0 Å². The van der Waals surface area contributed by atoms with Crippen LogP contribution in [0, 0.1) is 13.8 Å². The van der Waals surface area contributed by atoms with Gasteiger partial charge in [0.1, 0.15) is 0 Å². The number of anilines is 1. The molecule has 3 heterocycles. The molecule has 9 nitrogen and oxygen atoms in total. The van der Waals surface area contributed by atoms with E-state index < -0.39 is 0 Å². The minimum atomic E-state index is -0.202. The number of amides is 2. The van der Waals surface area contributed by atoms with Gasteiger partial charge in [0, 0.05) is 66.9 Å². The second-order valence-electron chi connectivity index (χ2n) is 9.04. The number of nitrogens with zero attached hydrogens (tertiary/aromatic N) is 2. The van der Waals surface area contributed by atoms with Gasteiger partial charge in [0.25, 0.3) is 11.8 Å². The fraction of sp³-hybridized carbons (Fsp3) is 0.423. The molecule has 192 valence electrons. The molecule has 1 saturated heterocycles. The van der Waals surface area contributed by atoms with Crippen LogP contribution < -0.4 is 10.6 Å². The van der Waals surface area contributed by atoms with Crippen LogP contribution in [-0.2, 0) is 14.3 Å². The van der Waals surface area contributed by atoms with Crippen molar-refractivity contribution in [3.05, 3.63) is 51.3 Å². The van der Waals surface area contributed by atoms with Crippen LogP contribution in [0.1, 0.15) is 39.8 Å². The number of halogens is 1. The number of esters is 1. The minimum absolute atomic E-state index is 0.147. The van der Waals surface area contributed by atoms with Gasteiger partial charge in [0.05, 0.1) is 24.3 Å². The van der Waals surface area contributed by atoms with Crippen LogP contribution in [0.25, 0.3) is 11.6 Å². The molecule has 2 aliphatic rings. The van der Waals surface area contributed by atoms with E-state index in [1.165, 1.54) is 0 Å². The highest BCUT2D eigenvalue weighted by atomic mass is 35.5. The van der Waals surface area contributed by atoms with Gasteiger partial charge in [-0.05, 0) is 50.6 Å². The molecule has 0 saturated carbocycles. The van der Waals surface area contributed by atoms with Crippen LogP contribution in [0.2, 0.25) is 5.02 Å². The third-order valence-corrected chi connectivity index (χ3v) is 6.83. The number of aromatic nitrogens is 1. The zero-order valence-electron chi connectivity index (χ0n) is 20.9. The maximum atomic E-state index is 13.0. The molecule has 2 aromatic rings. The van der Waals surface area contributed by atoms with Crippen molar-refractivity contribution in [1.82, 2.24) is 20.1 Å². The highest BCUT2D eigenvalue weighted by Crippen LogP contribution is 2.35. The van der Waals surface area contributed by atoms with E-state index in [9.17, 15) is 14.4 Å². The van der Waals surface area contributed by atoms with E-state index in [4.69, 9.17) is 16.3 Å². The zero-order valence-corrected chi connectivity index (χ0v) is 21.6. The van der Waals surface area contributed by atoms with Crippen LogP contribution >= 0.6 is 11.6 Å². The predicted octanol–water partition coefficient (Wildman–Crippen LogP) is 2.69. The standard InChI is InChI=1S/C26H32ClN5O4/c1-4-36-23(33)15-32-11-9-31(10-12-32)8-7-28-26(35)24-16(2)22(29-17(24)3)14-20-19-13-18(27)5-6-21(19)30-25(20)34/h5-6,13-14,29H,4,7-12,15H2,1-3H3,(H,28,35)(H,30,34). The number of hydrogen-bond donors (Lipinski definition) is 3. The maximum absolute atomic E-state index is 13.0. The summed E-state index contributed by atoms with van der Waals surface area (Å²) in [5.41, 5.74) is 4.80. The van der Waals surface area contributed by atoms with E-state index in [0.717, 1.165) is 55.2 Å². The Bertz CT molecular complexity index is 1200. The van der Waals surface area contributed by atoms with Crippen molar-refractivity contribution in [2.24, 2.45) is 0 Å². The van der Waals surface area contributed by atoms with Gasteiger partial charge in [-0.1, -0.05) is 11.6 Å². The van der Waals surface area contributed by atoms with Gasteiger partial charge in [-0.15, -0.1) is 0 Å². The number of hydrogen-bond acceptors (Lipinski definition) is 6. The Morgan fingerprint density at radius 1 is 1.17 bits per heavy atom. The average molecular weight is 514 g/mol. The van der Waals surface area contributed by atoms with E-state index in [1.807, 2.05) is 20.8 Å². The number of aryl methyl sites for hydroxylation is 1. The fourth-order valence-corrected chi connectivity index (χ4v) is 4.86. The Hall–Kier alpha value is -3.14. The second-order valence-corrected chi connectivity index (χ2v) is 9.48. The molecule has 10 heteroatoms. The number of carbonyl (C=O) groups excluding carboxylic acids is 3. The molecule has 1 fully saturated rings. The van der Waals surface area contributed by atoms with E-state index in [2.05, 4.69) is 25.4 Å². The number of piperazine rings is 1. The van der Waals surface area contributed by atoms with Crippen molar-refractivity contribution in [3.63, 3.8) is 0 Å². The number of benzene rings is 1. The molecule has 0 atom stereocenters. The second kappa shape index (κ2) is 11.3. The number of fused-ring (bicyclic) bond motifs is 1. The Morgan fingerprint density at radius 2 is 1.89 bits per heavy atom. The molecule has 0 aliphatic carbocycles. The summed E-state index contributed by atoms with van der Waals surface area (Å²) in [4.78, 5) is 44.8. The molecule has 1 aromatic carbocycles. The Balaban J connectivity index is 1.34. The van der Waals surface area contributed by atoms with Crippen LogP contribution in [-0.4, -0.2) is 85.0 Å². The number of H-pyrrole nitrogens is 1. The first kappa shape index (κ1) is 25.9. The minimum Gasteiger partial charge on any atom is -0.465 e. The van der Waals surface area contributed by atoms with Crippen molar-refractivity contribution < 1.29 is 19.1 Å². The van der Waals surface area contributed by atoms with Gasteiger partial charge in [0.15, 0.2) is 0 Å². The van der Waals surface area contributed by atoms with E-state index in [0.29, 0.717) is 41.5 Å². The number of nitrogens with one attached hydrogen (secondary N) is 3. The molecule has 0 unspecified atom stereocenters. The molecule has 2 amide bonds. The van der Waals surface area contributed by atoms with Gasteiger partial charge in [-0.25, -0.2) is 0 Å². The first-order chi connectivity index (χ1) is 17.3. The van der Waals surface area contributed by atoms with Crippen molar-refractivity contribution in [1.29, 1.82) is 0 Å². The number of ether oxygens (including phenoxy) is 1. The Morgan fingerprint density at radius 3 is 2.61 bits per heavy atom. The molecular weight excluding hydrogens is 482 g/mol. The van der Waals surface area contributed by atoms with Gasteiger partial charge in [0.2, 0.25) is 0 Å². The summed E-state index contributed by atoms with van der Waals surface area (Å²) >= 11 is 6.13. The molecule has 4 rings (SSSR count). The molecular formula is C26H32ClN5O4. The molecule has 1 aromatic heterocycles. The highest BCUT2D eigenvalue weighted by molar-refractivity contribution is 6.36. The first-order valence-electron chi connectivity index (χ1n) is 12.2. The van der Waals surface area contributed by atoms with Gasteiger partial charge in [-0.2, -0.15) is 0 Å². The lowest BCUT2D eigenvalue weighted by Crippen LogP contribution is -2.49. The third-order valence-electron chi connectivity index (χ3n) is 6.59. The Labute approximate surface area is 215 Å². The van der Waals surface area contributed by atoms with Crippen LogP contribution in [0.4, 0.5) is 5.69 Å². The smallest absolute Gasteiger partial charge is 0.320 e. The lowest BCUT2D eigenvalue weighted by Gasteiger charge is -2.34. The molecule has 0 radical (unpaired) electrons. The molecule has 3 N–H and O–H groups in total. The number of rotatable bonds is 8. The van der Waals surface area contributed by atoms with Crippen LogP contribution in [0.3, 0.4) is 0 Å². The van der Waals surface area contributed by atoms with Crippen molar-refractivity contribution in [3.8, 4) is 0 Å². The maximum Gasteiger partial charge on any atom is 0.320 e. The molecule has 36 heavy (non-hydrogen) atoms. The van der Waals surface area contributed by atoms with Crippen molar-refractivity contribution in [2.75, 3.05) is 57.7 Å². The lowest BCUT2D eigenvalue weighted by molar-refractivity contribution is -0.144. The molecule has 0 bridgehead atoms. The van der Waals surface area contributed by atoms with Gasteiger partial charge in [-0.3, -0.25) is 24.2 Å². The normalized spacial score (nSPS) is 17.2. The number of aromatic amines is 1. The van der Waals surface area contributed by atoms with Crippen LogP contribution in [0.5, 0.6) is 0 Å². The number of carbonyl (C=O) groups is 3. The molecule has 0 spiro atoms. The van der Waals surface area contributed by atoms with E-state index in [1.54, 1.807) is 24.3 Å². The van der Waals surface area contributed by atoms with Crippen molar-refractivity contribution in [2.45, 2.75) is 20.8 Å². The summed E-state index contributed by atoms with van der Waals surface area (Å²) in [6.07, 6.45) is 1.77.